The van der Waals surface area contributed by atoms with Crippen LogP contribution in [0.3, 0.4) is 0 Å². The van der Waals surface area contributed by atoms with Crippen molar-refractivity contribution < 1.29 is 17.9 Å². The van der Waals surface area contributed by atoms with E-state index in [0.29, 0.717) is 11.0 Å². The predicted octanol–water partition coefficient (Wildman–Crippen LogP) is 3.20. The monoisotopic (exact) mass is 334 g/mol. The Morgan fingerprint density at radius 2 is 2.16 bits per heavy atom. The van der Waals surface area contributed by atoms with Crippen molar-refractivity contribution in [1.82, 2.24) is 0 Å². The summed E-state index contributed by atoms with van der Waals surface area (Å²) >= 11 is 3.17. The lowest BCUT2D eigenvalue weighted by Gasteiger charge is -2.33. The first-order valence-electron chi connectivity index (χ1n) is 5.54. The number of alkyl halides is 3. The van der Waals surface area contributed by atoms with Crippen LogP contribution < -0.4 is 4.90 Å². The molecule has 0 saturated carbocycles. The second-order valence-electron chi connectivity index (χ2n) is 4.09. The van der Waals surface area contributed by atoms with E-state index in [9.17, 15) is 13.2 Å². The minimum Gasteiger partial charge on any atom is -0.365 e. The van der Waals surface area contributed by atoms with Gasteiger partial charge < -0.3 is 9.64 Å². The average molecular weight is 335 g/mol. The van der Waals surface area contributed by atoms with Crippen molar-refractivity contribution in [2.24, 2.45) is 0 Å². The Labute approximate surface area is 116 Å². The zero-order valence-corrected chi connectivity index (χ0v) is 11.3. The van der Waals surface area contributed by atoms with Gasteiger partial charge in [0.25, 0.3) is 0 Å². The highest BCUT2D eigenvalue weighted by Gasteiger charge is 2.36. The van der Waals surface area contributed by atoms with E-state index in [2.05, 4.69) is 15.9 Å². The number of morpholine rings is 1. The molecule has 2 rings (SSSR count). The van der Waals surface area contributed by atoms with Crippen LogP contribution in [0.5, 0.6) is 0 Å². The van der Waals surface area contributed by atoms with Crippen molar-refractivity contribution in [3.63, 3.8) is 0 Å². The number of hydrogen-bond donors (Lipinski definition) is 0. The lowest BCUT2D eigenvalue weighted by Crippen LogP contribution is -2.42. The van der Waals surface area contributed by atoms with Crippen LogP contribution in [-0.2, 0) is 10.9 Å². The Hall–Kier alpha value is -1.26. The van der Waals surface area contributed by atoms with Gasteiger partial charge in [-0.2, -0.15) is 18.4 Å². The summed E-state index contributed by atoms with van der Waals surface area (Å²) < 4.78 is 44.6. The van der Waals surface area contributed by atoms with Crippen molar-refractivity contribution >= 4 is 21.6 Å². The molecular weight excluding hydrogens is 325 g/mol. The van der Waals surface area contributed by atoms with Crippen molar-refractivity contribution in [2.75, 3.05) is 24.6 Å². The summed E-state index contributed by atoms with van der Waals surface area (Å²) in [6.07, 6.45) is -5.12. The Bertz CT molecular complexity index is 513. The van der Waals surface area contributed by atoms with E-state index >= 15 is 0 Å². The smallest absolute Gasteiger partial charge is 0.365 e. The second-order valence-corrected chi connectivity index (χ2v) is 5.01. The van der Waals surface area contributed by atoms with Crippen LogP contribution in [0.2, 0.25) is 0 Å². The molecule has 1 fully saturated rings. The molecule has 1 aliphatic rings. The Morgan fingerprint density at radius 1 is 1.42 bits per heavy atom. The highest BCUT2D eigenvalue weighted by atomic mass is 79.9. The molecule has 1 saturated heterocycles. The third-order valence-electron chi connectivity index (χ3n) is 2.82. The summed E-state index contributed by atoms with van der Waals surface area (Å²) in [5, 5.41) is 8.81. The van der Waals surface area contributed by atoms with Gasteiger partial charge in [0.05, 0.1) is 30.5 Å². The zero-order valence-electron chi connectivity index (χ0n) is 9.75. The number of halogens is 4. The third-order valence-corrected chi connectivity index (χ3v) is 3.31. The fourth-order valence-corrected chi connectivity index (χ4v) is 2.30. The van der Waals surface area contributed by atoms with Crippen LogP contribution in [0.25, 0.3) is 0 Å². The molecular formula is C12H10BrF3N2O. The number of rotatable bonds is 1. The normalized spacial score (nSPS) is 20.2. The van der Waals surface area contributed by atoms with E-state index in [4.69, 9.17) is 10.00 Å². The van der Waals surface area contributed by atoms with E-state index in [0.717, 1.165) is 6.07 Å². The second kappa shape index (κ2) is 5.39. The molecule has 1 aromatic rings. The molecule has 102 valence electrons. The first-order valence-corrected chi connectivity index (χ1v) is 6.34. The van der Waals surface area contributed by atoms with E-state index < -0.39 is 17.8 Å². The van der Waals surface area contributed by atoms with Gasteiger partial charge in [0.1, 0.15) is 0 Å². The molecule has 1 heterocycles. The summed E-state index contributed by atoms with van der Waals surface area (Å²) in [5.74, 6) is 0. The van der Waals surface area contributed by atoms with Crippen molar-refractivity contribution in [2.45, 2.75) is 12.3 Å². The molecule has 0 radical (unpaired) electrons. The van der Waals surface area contributed by atoms with Crippen molar-refractivity contribution in [3.05, 3.63) is 28.2 Å². The van der Waals surface area contributed by atoms with Gasteiger partial charge in [0.2, 0.25) is 0 Å². The number of benzene rings is 1. The summed E-state index contributed by atoms with van der Waals surface area (Å²) in [6, 6.07) is 5.73. The molecule has 0 bridgehead atoms. The molecule has 3 nitrogen and oxygen atoms in total. The maximum absolute atomic E-state index is 13.0. The van der Waals surface area contributed by atoms with Crippen molar-refractivity contribution in [3.8, 4) is 6.07 Å². The molecule has 1 atom stereocenters. The number of anilines is 1. The number of ether oxygens (including phenoxy) is 1. The summed E-state index contributed by atoms with van der Waals surface area (Å²) in [6.45, 7) is 0.704. The van der Waals surface area contributed by atoms with Gasteiger partial charge in [0.15, 0.2) is 6.10 Å². The summed E-state index contributed by atoms with van der Waals surface area (Å²) in [4.78, 5) is 1.53. The van der Waals surface area contributed by atoms with Crippen LogP contribution in [0.4, 0.5) is 18.9 Å². The fourth-order valence-electron chi connectivity index (χ4n) is 1.95. The van der Waals surface area contributed by atoms with E-state index in [1.807, 2.05) is 6.07 Å². The number of nitriles is 1. The van der Waals surface area contributed by atoms with Gasteiger partial charge in [-0.15, -0.1) is 0 Å². The molecule has 0 spiro atoms. The van der Waals surface area contributed by atoms with Gasteiger partial charge in [-0.1, -0.05) is 15.9 Å². The molecule has 7 heteroatoms. The van der Waals surface area contributed by atoms with Gasteiger partial charge >= 0.3 is 6.18 Å². The SMILES string of the molecule is N#CC1CN(c2cc(Br)ccc2C(F)(F)F)CCO1. The summed E-state index contributed by atoms with van der Waals surface area (Å²) in [5.41, 5.74) is -0.625. The molecule has 1 aromatic carbocycles. The van der Waals surface area contributed by atoms with E-state index in [-0.39, 0.29) is 18.8 Å². The maximum atomic E-state index is 13.0. The molecule has 0 amide bonds. The largest absolute Gasteiger partial charge is 0.418 e. The zero-order chi connectivity index (χ0) is 14.0. The fraction of sp³-hybridized carbons (Fsp3) is 0.417. The minimum atomic E-state index is -4.42. The maximum Gasteiger partial charge on any atom is 0.418 e. The van der Waals surface area contributed by atoms with E-state index in [1.54, 1.807) is 0 Å². The Balaban J connectivity index is 2.38. The van der Waals surface area contributed by atoms with Gasteiger partial charge in [-0.25, -0.2) is 0 Å². The highest BCUT2D eigenvalue weighted by molar-refractivity contribution is 9.10. The molecule has 19 heavy (non-hydrogen) atoms. The Morgan fingerprint density at radius 3 is 2.79 bits per heavy atom. The average Bonchev–Trinajstić information content (AvgIpc) is 2.37. The van der Waals surface area contributed by atoms with E-state index in [1.165, 1.54) is 17.0 Å². The number of nitrogens with zero attached hydrogens (tertiary/aromatic N) is 2. The minimum absolute atomic E-state index is 0.0745. The van der Waals surface area contributed by atoms with Crippen LogP contribution in [0.15, 0.2) is 22.7 Å². The Kier molecular flexibility index (Phi) is 4.02. The molecule has 0 aliphatic carbocycles. The molecule has 0 aromatic heterocycles. The first-order chi connectivity index (χ1) is 8.91. The van der Waals surface area contributed by atoms with Gasteiger partial charge in [0, 0.05) is 11.0 Å². The van der Waals surface area contributed by atoms with Crippen molar-refractivity contribution in [1.29, 1.82) is 5.26 Å². The van der Waals surface area contributed by atoms with Gasteiger partial charge in [-0.3, -0.25) is 0 Å². The van der Waals surface area contributed by atoms with Crippen LogP contribution >= 0.6 is 15.9 Å². The lowest BCUT2D eigenvalue weighted by molar-refractivity contribution is -0.137. The molecule has 1 aliphatic heterocycles. The van der Waals surface area contributed by atoms with Crippen LogP contribution in [0, 0.1) is 11.3 Å². The third kappa shape index (κ3) is 3.19. The van der Waals surface area contributed by atoms with Crippen LogP contribution in [0.1, 0.15) is 5.56 Å². The predicted molar refractivity (Wildman–Crippen MR) is 66.7 cm³/mol. The highest BCUT2D eigenvalue weighted by Crippen LogP contribution is 2.38. The van der Waals surface area contributed by atoms with Gasteiger partial charge in [-0.05, 0) is 18.2 Å². The standard InChI is InChI=1S/C12H10BrF3N2O/c13-8-1-2-10(12(14,15)16)11(5-8)18-3-4-19-9(6-17)7-18/h1-2,5,9H,3-4,7H2. The molecule has 0 N–H and O–H groups in total. The molecule has 1 unspecified atom stereocenters. The lowest BCUT2D eigenvalue weighted by atomic mass is 10.1. The summed E-state index contributed by atoms with van der Waals surface area (Å²) in [7, 11) is 0. The quantitative estimate of drug-likeness (QED) is 0.791. The van der Waals surface area contributed by atoms with Crippen LogP contribution in [-0.4, -0.2) is 25.8 Å². The topological polar surface area (TPSA) is 36.3 Å². The first kappa shape index (κ1) is 14.2. The number of hydrogen-bond acceptors (Lipinski definition) is 3.